The van der Waals surface area contributed by atoms with Crippen LogP contribution in [-0.4, -0.2) is 9.97 Å². The van der Waals surface area contributed by atoms with Crippen LogP contribution in [0.5, 0.6) is 0 Å². The van der Waals surface area contributed by atoms with Crippen molar-refractivity contribution in [1.29, 1.82) is 0 Å². The van der Waals surface area contributed by atoms with Crippen LogP contribution >= 0.6 is 0 Å². The van der Waals surface area contributed by atoms with E-state index in [0.717, 1.165) is 11.3 Å². The Morgan fingerprint density at radius 2 is 2.06 bits per heavy atom. The molecule has 0 amide bonds. The summed E-state index contributed by atoms with van der Waals surface area (Å²) in [4.78, 5) is 8.28. The fourth-order valence-electron chi connectivity index (χ4n) is 1.98. The first kappa shape index (κ1) is 10.9. The van der Waals surface area contributed by atoms with Gasteiger partial charge in [-0.05, 0) is 12.1 Å². The SMILES string of the molecule is Nc1nc2c(c(Nc3ccccc3F)n1)CNC2. The van der Waals surface area contributed by atoms with E-state index in [4.69, 9.17) is 5.73 Å². The van der Waals surface area contributed by atoms with Crippen molar-refractivity contribution in [3.63, 3.8) is 0 Å². The average molecular weight is 245 g/mol. The average Bonchev–Trinajstić information content (AvgIpc) is 2.80. The van der Waals surface area contributed by atoms with E-state index in [9.17, 15) is 4.39 Å². The fraction of sp³-hybridized carbons (Fsp3) is 0.167. The summed E-state index contributed by atoms with van der Waals surface area (Å²) in [6, 6.07) is 6.45. The Balaban J connectivity index is 2.01. The van der Waals surface area contributed by atoms with Gasteiger partial charge in [0.05, 0.1) is 11.4 Å². The molecule has 1 aromatic carbocycles. The smallest absolute Gasteiger partial charge is 0.222 e. The number of halogens is 1. The summed E-state index contributed by atoms with van der Waals surface area (Å²) >= 11 is 0. The Morgan fingerprint density at radius 3 is 2.89 bits per heavy atom. The summed E-state index contributed by atoms with van der Waals surface area (Å²) in [5, 5.41) is 6.13. The lowest BCUT2D eigenvalue weighted by Gasteiger charge is -2.10. The number of aromatic nitrogens is 2. The highest BCUT2D eigenvalue weighted by Crippen LogP contribution is 2.26. The van der Waals surface area contributed by atoms with Crippen molar-refractivity contribution in [2.24, 2.45) is 0 Å². The minimum absolute atomic E-state index is 0.191. The first-order valence-electron chi connectivity index (χ1n) is 5.61. The molecule has 0 saturated heterocycles. The molecule has 18 heavy (non-hydrogen) atoms. The highest BCUT2D eigenvalue weighted by atomic mass is 19.1. The molecule has 0 fully saturated rings. The van der Waals surface area contributed by atoms with Crippen LogP contribution in [-0.2, 0) is 13.1 Å². The van der Waals surface area contributed by atoms with Gasteiger partial charge in [-0.2, -0.15) is 4.98 Å². The van der Waals surface area contributed by atoms with E-state index in [1.165, 1.54) is 6.07 Å². The van der Waals surface area contributed by atoms with Gasteiger partial charge < -0.3 is 16.4 Å². The molecule has 1 aromatic heterocycles. The van der Waals surface area contributed by atoms with Gasteiger partial charge in [-0.1, -0.05) is 12.1 Å². The lowest BCUT2D eigenvalue weighted by Crippen LogP contribution is -2.06. The summed E-state index contributed by atoms with van der Waals surface area (Å²) in [5.74, 6) is 0.429. The van der Waals surface area contributed by atoms with E-state index in [0.29, 0.717) is 24.6 Å². The first-order chi connectivity index (χ1) is 8.74. The minimum atomic E-state index is -0.325. The summed E-state index contributed by atoms with van der Waals surface area (Å²) in [5.41, 5.74) is 7.82. The van der Waals surface area contributed by atoms with Crippen LogP contribution < -0.4 is 16.4 Å². The van der Waals surface area contributed by atoms with Crippen molar-refractivity contribution in [3.05, 3.63) is 41.3 Å². The largest absolute Gasteiger partial charge is 0.368 e. The van der Waals surface area contributed by atoms with Gasteiger partial charge in [0.1, 0.15) is 11.6 Å². The van der Waals surface area contributed by atoms with E-state index in [2.05, 4.69) is 20.6 Å². The highest BCUT2D eigenvalue weighted by molar-refractivity contribution is 5.62. The molecule has 0 spiro atoms. The third kappa shape index (κ3) is 1.86. The standard InChI is InChI=1S/C12H12FN5/c13-8-3-1-2-4-9(8)16-11-7-5-15-6-10(7)17-12(14)18-11/h1-4,15H,5-6H2,(H3,14,16,17,18). The van der Waals surface area contributed by atoms with Crippen LogP contribution in [0.1, 0.15) is 11.3 Å². The number of nitrogens with zero attached hydrogens (tertiary/aromatic N) is 2. The number of hydrogen-bond acceptors (Lipinski definition) is 5. The van der Waals surface area contributed by atoms with Gasteiger partial charge in [0.2, 0.25) is 5.95 Å². The number of fused-ring (bicyclic) bond motifs is 1. The third-order valence-electron chi connectivity index (χ3n) is 2.83. The zero-order valence-electron chi connectivity index (χ0n) is 9.57. The molecule has 1 aliphatic heterocycles. The summed E-state index contributed by atoms with van der Waals surface area (Å²) in [6.45, 7) is 1.32. The summed E-state index contributed by atoms with van der Waals surface area (Å²) in [6.07, 6.45) is 0. The number of nitrogens with one attached hydrogen (secondary N) is 2. The van der Waals surface area contributed by atoms with Crippen molar-refractivity contribution in [3.8, 4) is 0 Å². The molecule has 2 aromatic rings. The van der Waals surface area contributed by atoms with Crippen molar-refractivity contribution >= 4 is 17.5 Å². The zero-order valence-corrected chi connectivity index (χ0v) is 9.57. The molecular formula is C12H12FN5. The molecule has 0 unspecified atom stereocenters. The zero-order chi connectivity index (χ0) is 12.5. The number of anilines is 3. The summed E-state index contributed by atoms with van der Waals surface area (Å²) < 4.78 is 13.6. The normalized spacial score (nSPS) is 13.4. The molecule has 4 N–H and O–H groups in total. The van der Waals surface area contributed by atoms with Crippen molar-refractivity contribution < 1.29 is 4.39 Å². The lowest BCUT2D eigenvalue weighted by atomic mass is 10.2. The molecule has 0 radical (unpaired) electrons. The second-order valence-corrected chi connectivity index (χ2v) is 4.06. The molecule has 0 aliphatic carbocycles. The van der Waals surface area contributed by atoms with Gasteiger partial charge in [0.25, 0.3) is 0 Å². The van der Waals surface area contributed by atoms with E-state index < -0.39 is 0 Å². The van der Waals surface area contributed by atoms with Gasteiger partial charge in [0, 0.05) is 18.7 Å². The van der Waals surface area contributed by atoms with E-state index in [-0.39, 0.29) is 11.8 Å². The predicted molar refractivity (Wildman–Crippen MR) is 66.7 cm³/mol. The van der Waals surface area contributed by atoms with Crippen LogP contribution in [0.3, 0.4) is 0 Å². The monoisotopic (exact) mass is 245 g/mol. The van der Waals surface area contributed by atoms with Gasteiger partial charge in [-0.15, -0.1) is 0 Å². The molecule has 1 aliphatic rings. The molecule has 0 atom stereocenters. The van der Waals surface area contributed by atoms with E-state index in [1.54, 1.807) is 18.2 Å². The van der Waals surface area contributed by atoms with Gasteiger partial charge in [-0.3, -0.25) is 0 Å². The van der Waals surface area contributed by atoms with Crippen LogP contribution in [0.25, 0.3) is 0 Å². The van der Waals surface area contributed by atoms with E-state index in [1.807, 2.05) is 0 Å². The first-order valence-corrected chi connectivity index (χ1v) is 5.61. The Bertz CT molecular complexity index is 599. The van der Waals surface area contributed by atoms with Crippen LogP contribution in [0.15, 0.2) is 24.3 Å². The molecule has 5 nitrogen and oxygen atoms in total. The Morgan fingerprint density at radius 1 is 1.22 bits per heavy atom. The van der Waals surface area contributed by atoms with Gasteiger partial charge in [-0.25, -0.2) is 9.37 Å². The third-order valence-corrected chi connectivity index (χ3v) is 2.83. The molecule has 0 bridgehead atoms. The molecular weight excluding hydrogens is 233 g/mol. The topological polar surface area (TPSA) is 75.9 Å². The highest BCUT2D eigenvalue weighted by Gasteiger charge is 2.18. The molecule has 0 saturated carbocycles. The Labute approximate surface area is 103 Å². The number of nitrogens with two attached hydrogens (primary N) is 1. The maximum atomic E-state index is 13.6. The maximum absolute atomic E-state index is 13.6. The van der Waals surface area contributed by atoms with Gasteiger partial charge >= 0.3 is 0 Å². The second-order valence-electron chi connectivity index (χ2n) is 4.06. The van der Waals surface area contributed by atoms with Crippen LogP contribution in [0.2, 0.25) is 0 Å². The molecule has 6 heteroatoms. The summed E-state index contributed by atoms with van der Waals surface area (Å²) in [7, 11) is 0. The number of rotatable bonds is 2. The quantitative estimate of drug-likeness (QED) is 0.748. The maximum Gasteiger partial charge on any atom is 0.222 e. The van der Waals surface area contributed by atoms with Crippen molar-refractivity contribution in [2.75, 3.05) is 11.1 Å². The Kier molecular flexibility index (Phi) is 2.56. The minimum Gasteiger partial charge on any atom is -0.368 e. The number of nitrogen functional groups attached to an aromatic ring is 1. The van der Waals surface area contributed by atoms with Crippen LogP contribution in [0.4, 0.5) is 21.8 Å². The number of para-hydroxylation sites is 1. The molecule has 2 heterocycles. The van der Waals surface area contributed by atoms with Crippen molar-refractivity contribution in [2.45, 2.75) is 13.1 Å². The van der Waals surface area contributed by atoms with E-state index >= 15 is 0 Å². The molecule has 92 valence electrons. The van der Waals surface area contributed by atoms with Crippen LogP contribution in [0, 0.1) is 5.82 Å². The van der Waals surface area contributed by atoms with Gasteiger partial charge in [0.15, 0.2) is 0 Å². The predicted octanol–water partition coefficient (Wildman–Crippen LogP) is 1.54. The second kappa shape index (κ2) is 4.23. The lowest BCUT2D eigenvalue weighted by molar-refractivity contribution is 0.631. The Hall–Kier alpha value is -2.21. The number of hydrogen-bond donors (Lipinski definition) is 3. The number of benzene rings is 1. The fourth-order valence-corrected chi connectivity index (χ4v) is 1.98. The molecule has 3 rings (SSSR count). The van der Waals surface area contributed by atoms with Crippen molar-refractivity contribution in [1.82, 2.24) is 15.3 Å².